The summed E-state index contributed by atoms with van der Waals surface area (Å²) in [7, 11) is 0. The van der Waals surface area contributed by atoms with Crippen molar-refractivity contribution >= 4 is 52.8 Å². The van der Waals surface area contributed by atoms with Crippen LogP contribution in [-0.4, -0.2) is 36.2 Å². The van der Waals surface area contributed by atoms with Gasteiger partial charge in [0.25, 0.3) is 0 Å². The lowest BCUT2D eigenvalue weighted by atomic mass is 10.3. The van der Waals surface area contributed by atoms with Gasteiger partial charge in [0.2, 0.25) is 0 Å². The fourth-order valence-corrected chi connectivity index (χ4v) is 6.06. The van der Waals surface area contributed by atoms with Gasteiger partial charge in [-0.15, -0.1) is 22.7 Å². The number of anilines is 2. The van der Waals surface area contributed by atoms with Gasteiger partial charge in [-0.2, -0.15) is 0 Å². The van der Waals surface area contributed by atoms with Crippen molar-refractivity contribution in [3.63, 3.8) is 0 Å². The monoisotopic (exact) mass is 430 g/mol. The van der Waals surface area contributed by atoms with Gasteiger partial charge in [-0.3, -0.25) is 0 Å². The number of hydrogen-bond acceptors (Lipinski definition) is 6. The molecular weight excluding hydrogens is 408 g/mol. The molecule has 0 aliphatic carbocycles. The van der Waals surface area contributed by atoms with Crippen molar-refractivity contribution in [2.24, 2.45) is 0 Å². The van der Waals surface area contributed by atoms with Crippen LogP contribution in [0.4, 0.5) is 10.0 Å². The van der Waals surface area contributed by atoms with Crippen LogP contribution >= 0.6 is 22.7 Å². The highest BCUT2D eigenvalue weighted by Crippen LogP contribution is 2.35. The molecule has 0 fully saturated rings. The predicted octanol–water partition coefficient (Wildman–Crippen LogP) is 5.92. The van der Waals surface area contributed by atoms with E-state index in [1.54, 1.807) is 0 Å². The van der Waals surface area contributed by atoms with Crippen LogP contribution in [0.5, 0.6) is 0 Å². The van der Waals surface area contributed by atoms with Crippen molar-refractivity contribution < 1.29 is 0 Å². The van der Waals surface area contributed by atoms with Crippen molar-refractivity contribution in [1.82, 2.24) is 9.80 Å². The third-order valence-electron chi connectivity index (χ3n) is 5.65. The Balaban J connectivity index is 1.04. The number of hydrogen-bond donors (Lipinski definition) is 0. The largest absolute Gasteiger partial charge is 0.356 e. The van der Waals surface area contributed by atoms with Crippen LogP contribution in [0.1, 0.15) is 0 Å². The minimum atomic E-state index is 0.921. The van der Waals surface area contributed by atoms with E-state index in [9.17, 15) is 0 Å². The summed E-state index contributed by atoms with van der Waals surface area (Å²) in [5, 5.41) is 5.28. The molecular formula is C24H22N4S2. The van der Waals surface area contributed by atoms with E-state index in [2.05, 4.69) is 105 Å². The van der Waals surface area contributed by atoms with Crippen LogP contribution in [0.2, 0.25) is 0 Å². The van der Waals surface area contributed by atoms with E-state index in [4.69, 9.17) is 0 Å². The molecule has 4 heterocycles. The summed E-state index contributed by atoms with van der Waals surface area (Å²) in [5.41, 5.74) is 0. The molecule has 4 nitrogen and oxygen atoms in total. The normalized spacial score (nSPS) is 16.1. The summed E-state index contributed by atoms with van der Waals surface area (Å²) in [4.78, 5) is 9.46. The molecule has 0 spiro atoms. The summed E-state index contributed by atoms with van der Waals surface area (Å²) < 4.78 is 2.70. The second kappa shape index (κ2) is 7.38. The lowest BCUT2D eigenvalue weighted by molar-refractivity contribution is 0.322. The second-order valence-corrected chi connectivity index (χ2v) is 9.81. The molecule has 0 saturated carbocycles. The smallest absolute Gasteiger partial charge is 0.0976 e. The first kappa shape index (κ1) is 17.9. The predicted molar refractivity (Wildman–Crippen MR) is 130 cm³/mol. The molecule has 30 heavy (non-hydrogen) atoms. The Labute approximate surface area is 184 Å². The number of nitrogens with zero attached hydrogens (tertiary/aromatic N) is 4. The summed E-state index contributed by atoms with van der Waals surface area (Å²) in [6.07, 6.45) is 8.84. The number of rotatable bonds is 5. The SMILES string of the molecule is C1=CN(c2cc3ccccc3s2)CN1CCN1C=CN(c2cc3ccccc3s2)C1. The zero-order valence-electron chi connectivity index (χ0n) is 16.5. The van der Waals surface area contributed by atoms with Gasteiger partial charge in [0.1, 0.15) is 0 Å². The number of fused-ring (bicyclic) bond motifs is 2. The minimum absolute atomic E-state index is 0.921. The fraction of sp³-hybridized carbons (Fsp3) is 0.167. The highest BCUT2D eigenvalue weighted by Gasteiger charge is 2.19. The second-order valence-electron chi connectivity index (χ2n) is 7.69. The molecule has 0 bridgehead atoms. The van der Waals surface area contributed by atoms with E-state index >= 15 is 0 Å². The Morgan fingerprint density at radius 3 is 1.53 bits per heavy atom. The standard InChI is InChI=1S/C24H22N4S2/c1-3-7-21-19(5-1)15-23(29-21)27-13-11-25(17-27)9-10-26-12-14-28(18-26)24-16-20-6-2-4-8-22(20)30-24/h1-8,11-16H,9-10,17-18H2. The van der Waals surface area contributed by atoms with Gasteiger partial charge in [0.15, 0.2) is 0 Å². The van der Waals surface area contributed by atoms with E-state index in [1.165, 1.54) is 30.2 Å². The fourth-order valence-electron chi connectivity index (χ4n) is 3.98. The Bertz CT molecular complexity index is 1090. The molecule has 6 heteroatoms. The molecule has 2 aromatic carbocycles. The molecule has 2 aliphatic heterocycles. The Kier molecular flexibility index (Phi) is 4.39. The first-order chi connectivity index (χ1) is 14.8. The average Bonchev–Trinajstić information content (AvgIpc) is 3.56. The van der Waals surface area contributed by atoms with Crippen LogP contribution in [-0.2, 0) is 0 Å². The Morgan fingerprint density at radius 1 is 0.600 bits per heavy atom. The quantitative estimate of drug-likeness (QED) is 0.390. The van der Waals surface area contributed by atoms with Gasteiger partial charge in [0, 0.05) is 47.3 Å². The molecule has 0 N–H and O–H groups in total. The minimum Gasteiger partial charge on any atom is -0.356 e. The molecule has 0 amide bonds. The van der Waals surface area contributed by atoms with Gasteiger partial charge in [-0.1, -0.05) is 36.4 Å². The maximum atomic E-state index is 2.39. The van der Waals surface area contributed by atoms with Crippen molar-refractivity contribution in [3.8, 4) is 0 Å². The molecule has 0 saturated heterocycles. The number of thiophene rings is 2. The van der Waals surface area contributed by atoms with Crippen LogP contribution in [0.3, 0.4) is 0 Å². The van der Waals surface area contributed by atoms with Crippen LogP contribution in [0, 0.1) is 0 Å². The van der Waals surface area contributed by atoms with E-state index < -0.39 is 0 Å². The van der Waals surface area contributed by atoms with Crippen molar-refractivity contribution in [1.29, 1.82) is 0 Å². The van der Waals surface area contributed by atoms with E-state index in [0.717, 1.165) is 26.4 Å². The summed E-state index contributed by atoms with van der Waals surface area (Å²) >= 11 is 3.72. The summed E-state index contributed by atoms with van der Waals surface area (Å²) in [5.74, 6) is 0. The summed E-state index contributed by atoms with van der Waals surface area (Å²) in [6.45, 7) is 3.87. The van der Waals surface area contributed by atoms with Crippen LogP contribution in [0.15, 0.2) is 85.5 Å². The van der Waals surface area contributed by atoms with Gasteiger partial charge in [-0.25, -0.2) is 0 Å². The van der Waals surface area contributed by atoms with Crippen molar-refractivity contribution in [3.05, 3.63) is 85.5 Å². The summed E-state index contributed by atoms with van der Waals surface area (Å²) in [6, 6.07) is 21.8. The zero-order chi connectivity index (χ0) is 19.9. The zero-order valence-corrected chi connectivity index (χ0v) is 18.1. The number of benzene rings is 2. The molecule has 2 aliphatic rings. The molecule has 0 unspecified atom stereocenters. The molecule has 0 radical (unpaired) electrons. The molecule has 2 aromatic heterocycles. The lowest BCUT2D eigenvalue weighted by Crippen LogP contribution is -2.33. The van der Waals surface area contributed by atoms with E-state index in [0.29, 0.717) is 0 Å². The maximum absolute atomic E-state index is 2.39. The third kappa shape index (κ3) is 3.32. The van der Waals surface area contributed by atoms with Gasteiger partial charge >= 0.3 is 0 Å². The van der Waals surface area contributed by atoms with Crippen molar-refractivity contribution in [2.75, 3.05) is 36.2 Å². The lowest BCUT2D eigenvalue weighted by Gasteiger charge is -2.24. The van der Waals surface area contributed by atoms with Crippen molar-refractivity contribution in [2.45, 2.75) is 0 Å². The van der Waals surface area contributed by atoms with Crippen LogP contribution in [0.25, 0.3) is 20.2 Å². The van der Waals surface area contributed by atoms with E-state index in [1.807, 2.05) is 22.7 Å². The first-order valence-corrected chi connectivity index (χ1v) is 11.8. The van der Waals surface area contributed by atoms with Gasteiger partial charge < -0.3 is 19.6 Å². The molecule has 6 rings (SSSR count). The topological polar surface area (TPSA) is 13.0 Å². The van der Waals surface area contributed by atoms with Gasteiger partial charge in [-0.05, 0) is 35.0 Å². The molecule has 4 aromatic rings. The average molecular weight is 431 g/mol. The third-order valence-corrected chi connectivity index (χ3v) is 7.95. The van der Waals surface area contributed by atoms with Gasteiger partial charge in [0.05, 0.1) is 23.3 Å². The highest BCUT2D eigenvalue weighted by atomic mass is 32.1. The first-order valence-electron chi connectivity index (χ1n) is 10.2. The highest BCUT2D eigenvalue weighted by molar-refractivity contribution is 7.23. The Hall–Kier alpha value is -2.96. The molecule has 0 atom stereocenters. The Morgan fingerprint density at radius 2 is 1.07 bits per heavy atom. The van der Waals surface area contributed by atoms with E-state index in [-0.39, 0.29) is 0 Å². The maximum Gasteiger partial charge on any atom is 0.0976 e. The molecule has 150 valence electrons. The van der Waals surface area contributed by atoms with Crippen LogP contribution < -0.4 is 9.80 Å².